The first-order chi connectivity index (χ1) is 8.72. The van der Waals surface area contributed by atoms with E-state index in [2.05, 4.69) is 63.2 Å². The van der Waals surface area contributed by atoms with E-state index in [0.717, 1.165) is 6.42 Å². The molecule has 1 radical (unpaired) electrons. The molecule has 0 amide bonds. The first-order valence-electron chi connectivity index (χ1n) is 6.82. The van der Waals surface area contributed by atoms with Gasteiger partial charge in [-0.1, -0.05) is 69.7 Å². The molecule has 0 unspecified atom stereocenters. The van der Waals surface area contributed by atoms with Gasteiger partial charge in [-0.2, -0.15) is 0 Å². The van der Waals surface area contributed by atoms with E-state index in [4.69, 9.17) is 0 Å². The van der Waals surface area contributed by atoms with Gasteiger partial charge in [-0.15, -0.1) is 0 Å². The molecule has 0 aromatic heterocycles. The Hall–Kier alpha value is -1.56. The molecule has 0 heteroatoms. The Labute approximate surface area is 111 Å². The molecule has 2 rings (SSSR count). The van der Waals surface area contributed by atoms with Gasteiger partial charge in [0.2, 0.25) is 0 Å². The van der Waals surface area contributed by atoms with Crippen LogP contribution in [-0.4, -0.2) is 0 Å². The van der Waals surface area contributed by atoms with Gasteiger partial charge < -0.3 is 0 Å². The smallest absolute Gasteiger partial charge is 0.0140 e. The number of hydrogen-bond donors (Lipinski definition) is 0. The molecule has 0 atom stereocenters. The summed E-state index contributed by atoms with van der Waals surface area (Å²) in [6, 6.07) is 18.6. The fourth-order valence-corrected chi connectivity index (χ4v) is 2.32. The van der Waals surface area contributed by atoms with Crippen LogP contribution >= 0.6 is 0 Å². The summed E-state index contributed by atoms with van der Waals surface area (Å²) in [5.41, 5.74) is 5.35. The van der Waals surface area contributed by atoms with Crippen LogP contribution < -0.4 is 0 Å². The zero-order valence-electron chi connectivity index (χ0n) is 11.5. The topological polar surface area (TPSA) is 0 Å². The Bertz CT molecular complexity index is 492. The van der Waals surface area contributed by atoms with E-state index in [1.807, 2.05) is 6.07 Å². The first-order valence-corrected chi connectivity index (χ1v) is 6.82. The summed E-state index contributed by atoms with van der Waals surface area (Å²) in [7, 11) is 0. The molecule has 0 bridgehead atoms. The number of rotatable bonds is 4. The van der Waals surface area contributed by atoms with Crippen molar-refractivity contribution in [2.45, 2.75) is 39.5 Å². The fourth-order valence-electron chi connectivity index (χ4n) is 2.32. The second-order valence-electron chi connectivity index (χ2n) is 5.10. The van der Waals surface area contributed by atoms with Crippen molar-refractivity contribution < 1.29 is 0 Å². The van der Waals surface area contributed by atoms with E-state index in [0.29, 0.717) is 5.92 Å². The SMILES string of the molecule is CCCc1ccc(-c2ccc[c]c2C(C)C)cc1. The molecule has 0 saturated carbocycles. The molecule has 0 spiro atoms. The molecule has 93 valence electrons. The van der Waals surface area contributed by atoms with E-state index in [-0.39, 0.29) is 0 Å². The van der Waals surface area contributed by atoms with Crippen molar-refractivity contribution in [2.24, 2.45) is 0 Å². The lowest BCUT2D eigenvalue weighted by Crippen LogP contribution is -1.92. The van der Waals surface area contributed by atoms with E-state index >= 15 is 0 Å². The Morgan fingerprint density at radius 3 is 2.39 bits per heavy atom. The van der Waals surface area contributed by atoms with Gasteiger partial charge in [0.1, 0.15) is 0 Å². The van der Waals surface area contributed by atoms with Gasteiger partial charge in [-0.25, -0.2) is 0 Å². The van der Waals surface area contributed by atoms with Crippen LogP contribution in [0.3, 0.4) is 0 Å². The molecule has 0 aliphatic rings. The van der Waals surface area contributed by atoms with Crippen LogP contribution in [0, 0.1) is 6.07 Å². The van der Waals surface area contributed by atoms with Crippen molar-refractivity contribution in [1.82, 2.24) is 0 Å². The second kappa shape index (κ2) is 5.86. The third-order valence-electron chi connectivity index (χ3n) is 3.27. The summed E-state index contributed by atoms with van der Waals surface area (Å²) in [4.78, 5) is 0. The van der Waals surface area contributed by atoms with Gasteiger partial charge in [0.05, 0.1) is 0 Å². The summed E-state index contributed by atoms with van der Waals surface area (Å²) in [6.07, 6.45) is 2.37. The normalized spacial score (nSPS) is 10.9. The van der Waals surface area contributed by atoms with Crippen LogP contribution in [0.2, 0.25) is 0 Å². The third kappa shape index (κ3) is 2.81. The van der Waals surface area contributed by atoms with Crippen LogP contribution in [0.4, 0.5) is 0 Å². The lowest BCUT2D eigenvalue weighted by Gasteiger charge is -2.12. The molecule has 0 aliphatic carbocycles. The zero-order chi connectivity index (χ0) is 13.0. The van der Waals surface area contributed by atoms with Crippen LogP contribution in [-0.2, 0) is 6.42 Å². The highest BCUT2D eigenvalue weighted by Gasteiger charge is 2.07. The molecule has 0 fully saturated rings. The van der Waals surface area contributed by atoms with Crippen LogP contribution in [0.5, 0.6) is 0 Å². The van der Waals surface area contributed by atoms with Crippen LogP contribution in [0.1, 0.15) is 44.2 Å². The van der Waals surface area contributed by atoms with Gasteiger partial charge in [0.15, 0.2) is 0 Å². The minimum atomic E-state index is 0.511. The van der Waals surface area contributed by atoms with Crippen LogP contribution in [0.15, 0.2) is 42.5 Å². The highest BCUT2D eigenvalue weighted by Crippen LogP contribution is 2.28. The second-order valence-corrected chi connectivity index (χ2v) is 5.10. The highest BCUT2D eigenvalue weighted by molar-refractivity contribution is 5.68. The third-order valence-corrected chi connectivity index (χ3v) is 3.27. The minimum absolute atomic E-state index is 0.511. The molecule has 0 saturated heterocycles. The highest BCUT2D eigenvalue weighted by atomic mass is 14.1. The lowest BCUT2D eigenvalue weighted by molar-refractivity contribution is 0.867. The summed E-state index contributed by atoms with van der Waals surface area (Å²) in [5.74, 6) is 0.511. The maximum atomic E-state index is 3.37. The van der Waals surface area contributed by atoms with Gasteiger partial charge in [0.25, 0.3) is 0 Å². The fraction of sp³-hybridized carbons (Fsp3) is 0.333. The minimum Gasteiger partial charge on any atom is -0.0651 e. The molecular weight excluding hydrogens is 216 g/mol. The number of benzene rings is 2. The van der Waals surface area contributed by atoms with E-state index in [1.54, 1.807) is 0 Å². The largest absolute Gasteiger partial charge is 0.0651 e. The number of hydrogen-bond acceptors (Lipinski definition) is 0. The predicted octanol–water partition coefficient (Wildman–Crippen LogP) is 5.23. The molecule has 0 aliphatic heterocycles. The van der Waals surface area contributed by atoms with Crippen molar-refractivity contribution in [3.05, 3.63) is 59.7 Å². The Morgan fingerprint density at radius 1 is 1.06 bits per heavy atom. The van der Waals surface area contributed by atoms with E-state index < -0.39 is 0 Å². The maximum absolute atomic E-state index is 3.37. The van der Waals surface area contributed by atoms with E-state index in [1.165, 1.54) is 28.7 Å². The van der Waals surface area contributed by atoms with Crippen molar-refractivity contribution in [3.8, 4) is 11.1 Å². The first kappa shape index (κ1) is 12.9. The molecule has 0 heterocycles. The zero-order valence-corrected chi connectivity index (χ0v) is 11.5. The molecule has 2 aromatic rings. The maximum Gasteiger partial charge on any atom is -0.0140 e. The quantitative estimate of drug-likeness (QED) is 0.683. The van der Waals surface area contributed by atoms with Gasteiger partial charge >= 0.3 is 0 Å². The average molecular weight is 237 g/mol. The van der Waals surface area contributed by atoms with Gasteiger partial charge in [-0.05, 0) is 40.7 Å². The lowest BCUT2D eigenvalue weighted by atomic mass is 9.92. The van der Waals surface area contributed by atoms with E-state index in [9.17, 15) is 0 Å². The molecule has 0 N–H and O–H groups in total. The van der Waals surface area contributed by atoms with Crippen LogP contribution in [0.25, 0.3) is 11.1 Å². The summed E-state index contributed by atoms with van der Waals surface area (Å²) in [6.45, 7) is 6.67. The molecule has 18 heavy (non-hydrogen) atoms. The summed E-state index contributed by atoms with van der Waals surface area (Å²) in [5, 5.41) is 0. The summed E-state index contributed by atoms with van der Waals surface area (Å²) >= 11 is 0. The van der Waals surface area contributed by atoms with Crippen molar-refractivity contribution in [3.63, 3.8) is 0 Å². The predicted molar refractivity (Wildman–Crippen MR) is 78.8 cm³/mol. The number of aryl methyl sites for hydroxylation is 1. The van der Waals surface area contributed by atoms with Gasteiger partial charge in [-0.3, -0.25) is 0 Å². The van der Waals surface area contributed by atoms with Crippen molar-refractivity contribution >= 4 is 0 Å². The average Bonchev–Trinajstić information content (AvgIpc) is 2.40. The monoisotopic (exact) mass is 237 g/mol. The van der Waals surface area contributed by atoms with Gasteiger partial charge in [0, 0.05) is 0 Å². The Balaban J connectivity index is 2.36. The summed E-state index contributed by atoms with van der Waals surface area (Å²) < 4.78 is 0. The molecular formula is C18H21. The Kier molecular flexibility index (Phi) is 4.19. The van der Waals surface area contributed by atoms with Crippen molar-refractivity contribution in [1.29, 1.82) is 0 Å². The Morgan fingerprint density at radius 2 is 1.78 bits per heavy atom. The standard InChI is InChI=1S/C18H21/c1-4-7-15-10-12-16(13-11-15)18-9-6-5-8-17(18)14(2)3/h5-6,9-14H,4,7H2,1-3H3. The molecule has 0 nitrogen and oxygen atoms in total. The van der Waals surface area contributed by atoms with Crippen molar-refractivity contribution in [2.75, 3.05) is 0 Å². The molecule has 2 aromatic carbocycles.